The highest BCUT2D eigenvalue weighted by molar-refractivity contribution is 6.07. The minimum Gasteiger partial charge on any atom is -0.480 e. The van der Waals surface area contributed by atoms with E-state index in [1.54, 1.807) is 0 Å². The Morgan fingerprint density at radius 1 is 1.35 bits per heavy atom. The average Bonchev–Trinajstić information content (AvgIpc) is 2.66. The van der Waals surface area contributed by atoms with Crippen LogP contribution in [-0.2, 0) is 14.4 Å². The van der Waals surface area contributed by atoms with E-state index in [-0.39, 0.29) is 12.1 Å². The first-order valence-electron chi connectivity index (χ1n) is 5.70. The number of amides is 2. The number of likely N-dealkylation sites (tertiary alicyclic amines) is 1. The van der Waals surface area contributed by atoms with Gasteiger partial charge in [-0.3, -0.25) is 29.4 Å². The van der Waals surface area contributed by atoms with Gasteiger partial charge in [-0.25, -0.2) is 0 Å². The number of aliphatic carboxylic acids is 1. The zero-order valence-electron chi connectivity index (χ0n) is 10.2. The van der Waals surface area contributed by atoms with Crippen molar-refractivity contribution in [3.05, 3.63) is 39.9 Å². The molecule has 1 unspecified atom stereocenters. The Bertz CT molecular complexity index is 594. The minimum absolute atomic E-state index is 0.118. The molecule has 1 aliphatic rings. The second-order valence-electron chi connectivity index (χ2n) is 4.32. The van der Waals surface area contributed by atoms with E-state index in [1.165, 1.54) is 24.3 Å². The largest absolute Gasteiger partial charge is 0.480 e. The second kappa shape index (κ2) is 5.08. The first-order chi connectivity index (χ1) is 9.40. The van der Waals surface area contributed by atoms with E-state index in [0.29, 0.717) is 10.5 Å². The molecule has 0 saturated carbocycles. The lowest BCUT2D eigenvalue weighted by atomic mass is 9.97. The molecule has 1 atom stereocenters. The molecule has 1 aromatic rings. The van der Waals surface area contributed by atoms with Crippen LogP contribution in [0.4, 0.5) is 5.69 Å². The molecule has 1 aliphatic heterocycles. The molecule has 2 amide bonds. The Kier molecular flexibility index (Phi) is 3.47. The summed E-state index contributed by atoms with van der Waals surface area (Å²) in [6, 6.07) is 5.29. The number of carbonyl (C=O) groups excluding carboxylic acids is 2. The highest BCUT2D eigenvalue weighted by atomic mass is 16.6. The molecule has 0 bridgehead atoms. The predicted octanol–water partition coefficient (Wildman–Crippen LogP) is 0.522. The summed E-state index contributed by atoms with van der Waals surface area (Å²) in [7, 11) is 0. The summed E-state index contributed by atoms with van der Waals surface area (Å²) in [4.78, 5) is 44.8. The van der Waals surface area contributed by atoms with Crippen LogP contribution in [0.3, 0.4) is 0 Å². The van der Waals surface area contributed by atoms with Gasteiger partial charge in [0, 0.05) is 18.6 Å². The van der Waals surface area contributed by atoms with Crippen LogP contribution < -0.4 is 0 Å². The van der Waals surface area contributed by atoms with E-state index >= 15 is 0 Å². The summed E-state index contributed by atoms with van der Waals surface area (Å²) in [5, 5.41) is 19.2. The molecule has 104 valence electrons. The highest BCUT2D eigenvalue weighted by Crippen LogP contribution is 2.30. The Hall–Kier alpha value is -2.77. The number of carboxylic acids is 1. The lowest BCUT2D eigenvalue weighted by molar-refractivity contribution is -0.384. The van der Waals surface area contributed by atoms with Crippen molar-refractivity contribution in [3.63, 3.8) is 0 Å². The summed E-state index contributed by atoms with van der Waals surface area (Å²) < 4.78 is 0. The number of carboxylic acid groups (broad SMARTS) is 1. The van der Waals surface area contributed by atoms with Gasteiger partial charge in [0.1, 0.15) is 6.54 Å². The minimum atomic E-state index is -1.27. The van der Waals surface area contributed by atoms with Gasteiger partial charge in [-0.2, -0.15) is 0 Å². The fourth-order valence-electron chi connectivity index (χ4n) is 2.07. The molecule has 1 saturated heterocycles. The molecule has 8 nitrogen and oxygen atoms in total. The van der Waals surface area contributed by atoms with Crippen molar-refractivity contribution in [2.45, 2.75) is 12.3 Å². The average molecular weight is 278 g/mol. The molecule has 0 aliphatic carbocycles. The SMILES string of the molecule is O=C(O)CN1C(=O)CC(c2ccc([N+](=O)[O-])cc2)C1=O. The summed E-state index contributed by atoms with van der Waals surface area (Å²) in [6.45, 7) is -0.666. The van der Waals surface area contributed by atoms with Crippen LogP contribution in [-0.4, -0.2) is 39.3 Å². The van der Waals surface area contributed by atoms with Crippen LogP contribution in [0.15, 0.2) is 24.3 Å². The summed E-state index contributed by atoms with van der Waals surface area (Å²) in [5.41, 5.74) is 0.342. The monoisotopic (exact) mass is 278 g/mol. The van der Waals surface area contributed by atoms with Gasteiger partial charge < -0.3 is 5.11 Å². The van der Waals surface area contributed by atoms with Crippen molar-refractivity contribution in [3.8, 4) is 0 Å². The molecule has 1 N–H and O–H groups in total. The van der Waals surface area contributed by atoms with Gasteiger partial charge in [0.15, 0.2) is 0 Å². The van der Waals surface area contributed by atoms with Crippen LogP contribution in [0, 0.1) is 10.1 Å². The Morgan fingerprint density at radius 3 is 2.45 bits per heavy atom. The molecule has 0 spiro atoms. The first-order valence-corrected chi connectivity index (χ1v) is 5.70. The smallest absolute Gasteiger partial charge is 0.323 e. The first kappa shape index (κ1) is 13.7. The molecule has 1 fully saturated rings. The van der Waals surface area contributed by atoms with Crippen LogP contribution in [0.1, 0.15) is 17.9 Å². The molecule has 0 aromatic heterocycles. The lowest BCUT2D eigenvalue weighted by Gasteiger charge is -2.12. The number of nitrogens with zero attached hydrogens (tertiary/aromatic N) is 2. The van der Waals surface area contributed by atoms with Crippen LogP contribution in [0.2, 0.25) is 0 Å². The molecule has 0 radical (unpaired) electrons. The standard InChI is InChI=1S/C12H10N2O6/c15-10-5-9(12(18)13(10)6-11(16)17)7-1-3-8(4-2-7)14(19)20/h1-4,9H,5-6H2,(H,16,17). The topological polar surface area (TPSA) is 118 Å². The maximum Gasteiger partial charge on any atom is 0.323 e. The predicted molar refractivity (Wildman–Crippen MR) is 64.8 cm³/mol. The van der Waals surface area contributed by atoms with Gasteiger partial charge in [0.05, 0.1) is 10.8 Å². The van der Waals surface area contributed by atoms with E-state index in [9.17, 15) is 24.5 Å². The Labute approximate surface area is 112 Å². The number of nitro groups is 1. The molecule has 8 heteroatoms. The van der Waals surface area contributed by atoms with Crippen molar-refractivity contribution in [2.24, 2.45) is 0 Å². The Balaban J connectivity index is 2.22. The van der Waals surface area contributed by atoms with E-state index in [2.05, 4.69) is 0 Å². The molecule has 1 heterocycles. The number of nitro benzene ring substituents is 1. The van der Waals surface area contributed by atoms with Crippen molar-refractivity contribution in [2.75, 3.05) is 6.54 Å². The normalized spacial score (nSPS) is 18.4. The van der Waals surface area contributed by atoms with E-state index in [4.69, 9.17) is 5.11 Å². The summed E-state index contributed by atoms with van der Waals surface area (Å²) in [6.07, 6.45) is -0.121. The van der Waals surface area contributed by atoms with E-state index in [0.717, 1.165) is 0 Å². The molecule has 2 rings (SSSR count). The van der Waals surface area contributed by atoms with Crippen molar-refractivity contribution in [1.82, 2.24) is 4.90 Å². The number of hydrogen-bond donors (Lipinski definition) is 1. The number of hydrogen-bond acceptors (Lipinski definition) is 5. The lowest BCUT2D eigenvalue weighted by Crippen LogP contribution is -2.35. The molecule has 1 aromatic carbocycles. The highest BCUT2D eigenvalue weighted by Gasteiger charge is 2.40. The van der Waals surface area contributed by atoms with Gasteiger partial charge in [0.25, 0.3) is 5.69 Å². The van der Waals surface area contributed by atoms with Crippen LogP contribution in [0.5, 0.6) is 0 Å². The number of carbonyl (C=O) groups is 3. The van der Waals surface area contributed by atoms with Gasteiger partial charge in [0.2, 0.25) is 11.8 Å². The van der Waals surface area contributed by atoms with Gasteiger partial charge in [-0.05, 0) is 5.56 Å². The van der Waals surface area contributed by atoms with E-state index in [1.807, 2.05) is 0 Å². The second-order valence-corrected chi connectivity index (χ2v) is 4.32. The maximum atomic E-state index is 12.0. The maximum absolute atomic E-state index is 12.0. The number of non-ortho nitro benzene ring substituents is 1. The Morgan fingerprint density at radius 2 is 1.95 bits per heavy atom. The number of imide groups is 1. The van der Waals surface area contributed by atoms with Crippen LogP contribution >= 0.6 is 0 Å². The van der Waals surface area contributed by atoms with Gasteiger partial charge in [-0.1, -0.05) is 12.1 Å². The summed E-state index contributed by atoms with van der Waals surface area (Å²) in [5.74, 6) is -3.19. The fraction of sp³-hybridized carbons (Fsp3) is 0.250. The van der Waals surface area contributed by atoms with Gasteiger partial charge in [-0.15, -0.1) is 0 Å². The van der Waals surface area contributed by atoms with Crippen LogP contribution in [0.25, 0.3) is 0 Å². The third-order valence-corrected chi connectivity index (χ3v) is 3.04. The van der Waals surface area contributed by atoms with E-state index < -0.39 is 35.2 Å². The third kappa shape index (κ3) is 2.48. The summed E-state index contributed by atoms with van der Waals surface area (Å²) >= 11 is 0. The van der Waals surface area contributed by atoms with Crippen molar-refractivity contribution >= 4 is 23.5 Å². The van der Waals surface area contributed by atoms with Crippen molar-refractivity contribution in [1.29, 1.82) is 0 Å². The third-order valence-electron chi connectivity index (χ3n) is 3.04. The quantitative estimate of drug-likeness (QED) is 0.487. The molecule has 20 heavy (non-hydrogen) atoms. The zero-order valence-corrected chi connectivity index (χ0v) is 10.2. The molecular formula is C12H10N2O6. The fourth-order valence-corrected chi connectivity index (χ4v) is 2.07. The number of rotatable bonds is 4. The zero-order chi connectivity index (χ0) is 14.9. The number of benzene rings is 1. The van der Waals surface area contributed by atoms with Gasteiger partial charge >= 0.3 is 5.97 Å². The van der Waals surface area contributed by atoms with Crippen molar-refractivity contribution < 1.29 is 24.4 Å². The molecular weight excluding hydrogens is 268 g/mol.